The van der Waals surface area contributed by atoms with E-state index >= 15 is 0 Å². The van der Waals surface area contributed by atoms with Gasteiger partial charge in [-0.05, 0) is 29.8 Å². The molecule has 4 rings (SSSR count). The zero-order valence-corrected chi connectivity index (χ0v) is 14.0. The monoisotopic (exact) mass is 350 g/mol. The Balaban J connectivity index is 1.58. The Morgan fingerprint density at radius 1 is 1.12 bits per heavy atom. The SMILES string of the molecule is O=c1[nH]c(-c2ccncc2)nc2c1CN(Cc1cc(O)cc(O)c1)CC2. The van der Waals surface area contributed by atoms with E-state index in [-0.39, 0.29) is 17.1 Å². The van der Waals surface area contributed by atoms with Crippen LogP contribution in [-0.4, -0.2) is 36.6 Å². The van der Waals surface area contributed by atoms with Gasteiger partial charge in [-0.1, -0.05) is 0 Å². The highest BCUT2D eigenvalue weighted by Gasteiger charge is 2.21. The summed E-state index contributed by atoms with van der Waals surface area (Å²) in [4.78, 5) is 26.1. The molecule has 7 heteroatoms. The van der Waals surface area contributed by atoms with E-state index in [4.69, 9.17) is 0 Å². The average molecular weight is 350 g/mol. The fraction of sp³-hybridized carbons (Fsp3) is 0.211. The Labute approximate surface area is 149 Å². The molecular weight excluding hydrogens is 332 g/mol. The van der Waals surface area contributed by atoms with Crippen LogP contribution >= 0.6 is 0 Å². The number of nitrogens with one attached hydrogen (secondary N) is 1. The van der Waals surface area contributed by atoms with Gasteiger partial charge in [0.15, 0.2) is 0 Å². The molecule has 0 bridgehead atoms. The number of aromatic amines is 1. The lowest BCUT2D eigenvalue weighted by Gasteiger charge is -2.27. The molecule has 0 unspecified atom stereocenters. The van der Waals surface area contributed by atoms with Crippen LogP contribution in [0.5, 0.6) is 11.5 Å². The lowest BCUT2D eigenvalue weighted by Crippen LogP contribution is -2.35. The number of aromatic hydroxyl groups is 2. The van der Waals surface area contributed by atoms with E-state index in [1.807, 2.05) is 12.1 Å². The van der Waals surface area contributed by atoms with Crippen molar-refractivity contribution in [2.75, 3.05) is 6.54 Å². The molecule has 0 amide bonds. The van der Waals surface area contributed by atoms with Crippen molar-refractivity contribution < 1.29 is 10.2 Å². The van der Waals surface area contributed by atoms with E-state index in [0.717, 1.165) is 23.4 Å². The summed E-state index contributed by atoms with van der Waals surface area (Å²) in [5.74, 6) is 0.611. The summed E-state index contributed by atoms with van der Waals surface area (Å²) in [6, 6.07) is 8.15. The Morgan fingerprint density at radius 3 is 2.58 bits per heavy atom. The molecule has 0 aliphatic carbocycles. The van der Waals surface area contributed by atoms with E-state index < -0.39 is 0 Å². The molecule has 3 heterocycles. The zero-order valence-electron chi connectivity index (χ0n) is 14.0. The number of hydrogen-bond acceptors (Lipinski definition) is 6. The summed E-state index contributed by atoms with van der Waals surface area (Å²) in [6.07, 6.45) is 4.00. The van der Waals surface area contributed by atoms with Crippen LogP contribution in [-0.2, 0) is 19.5 Å². The van der Waals surface area contributed by atoms with Gasteiger partial charge in [0.25, 0.3) is 5.56 Å². The summed E-state index contributed by atoms with van der Waals surface area (Å²) in [5.41, 5.74) is 2.97. The first kappa shape index (κ1) is 16.3. The maximum Gasteiger partial charge on any atom is 0.255 e. The third-order valence-electron chi connectivity index (χ3n) is 4.47. The minimum absolute atomic E-state index is 0.0268. The first-order valence-electron chi connectivity index (χ1n) is 8.35. The molecule has 0 radical (unpaired) electrons. The van der Waals surface area contributed by atoms with Crippen molar-refractivity contribution in [2.45, 2.75) is 19.5 Å². The summed E-state index contributed by atoms with van der Waals surface area (Å²) in [5, 5.41) is 19.2. The predicted molar refractivity (Wildman–Crippen MR) is 95.7 cm³/mol. The maximum absolute atomic E-state index is 12.5. The number of H-pyrrole nitrogens is 1. The molecule has 0 fully saturated rings. The third-order valence-corrected chi connectivity index (χ3v) is 4.47. The second-order valence-electron chi connectivity index (χ2n) is 6.39. The number of phenols is 2. The van der Waals surface area contributed by atoms with Crippen LogP contribution < -0.4 is 5.56 Å². The van der Waals surface area contributed by atoms with Crippen molar-refractivity contribution >= 4 is 0 Å². The standard InChI is InChI=1S/C19H18N4O3/c24-14-7-12(8-15(25)9-14)10-23-6-3-17-16(11-23)19(26)22-18(21-17)13-1-4-20-5-2-13/h1-2,4-5,7-9,24-25H,3,6,10-11H2,(H,21,22,26). The summed E-state index contributed by atoms with van der Waals surface area (Å²) in [6.45, 7) is 1.76. The highest BCUT2D eigenvalue weighted by atomic mass is 16.3. The second kappa shape index (κ2) is 6.61. The molecular formula is C19H18N4O3. The van der Waals surface area contributed by atoms with Crippen molar-refractivity contribution in [2.24, 2.45) is 0 Å². The minimum atomic E-state index is -0.134. The Morgan fingerprint density at radius 2 is 1.85 bits per heavy atom. The van der Waals surface area contributed by atoms with Crippen LogP contribution in [0.15, 0.2) is 47.5 Å². The van der Waals surface area contributed by atoms with Gasteiger partial charge in [0, 0.05) is 50.1 Å². The average Bonchev–Trinajstić information content (AvgIpc) is 2.62. The van der Waals surface area contributed by atoms with Crippen LogP contribution in [0.3, 0.4) is 0 Å². The largest absolute Gasteiger partial charge is 0.508 e. The molecule has 0 atom stereocenters. The summed E-state index contributed by atoms with van der Waals surface area (Å²) in [7, 11) is 0. The number of pyridine rings is 1. The Hall–Kier alpha value is -3.19. The lowest BCUT2D eigenvalue weighted by molar-refractivity contribution is 0.241. The highest BCUT2D eigenvalue weighted by Crippen LogP contribution is 2.24. The second-order valence-corrected chi connectivity index (χ2v) is 6.39. The van der Waals surface area contributed by atoms with Gasteiger partial charge in [0.2, 0.25) is 0 Å². The number of benzene rings is 1. The Bertz CT molecular complexity index is 981. The fourth-order valence-corrected chi connectivity index (χ4v) is 3.27. The van der Waals surface area contributed by atoms with E-state index in [1.165, 1.54) is 6.07 Å². The van der Waals surface area contributed by atoms with Crippen LogP contribution in [0, 0.1) is 0 Å². The van der Waals surface area contributed by atoms with Crippen LogP contribution in [0.25, 0.3) is 11.4 Å². The van der Waals surface area contributed by atoms with E-state index in [2.05, 4.69) is 19.9 Å². The van der Waals surface area contributed by atoms with Crippen molar-refractivity contribution in [3.8, 4) is 22.9 Å². The molecule has 2 aromatic heterocycles. The molecule has 3 N–H and O–H groups in total. The highest BCUT2D eigenvalue weighted by molar-refractivity contribution is 5.54. The molecule has 132 valence electrons. The van der Waals surface area contributed by atoms with Crippen LogP contribution in [0.1, 0.15) is 16.8 Å². The molecule has 0 saturated carbocycles. The van der Waals surface area contributed by atoms with Crippen LogP contribution in [0.4, 0.5) is 0 Å². The zero-order chi connectivity index (χ0) is 18.1. The quantitative estimate of drug-likeness (QED) is 0.666. The number of aromatic nitrogens is 3. The predicted octanol–water partition coefficient (Wildman–Crippen LogP) is 1.80. The van der Waals surface area contributed by atoms with E-state index in [1.54, 1.807) is 24.5 Å². The molecule has 26 heavy (non-hydrogen) atoms. The first-order valence-corrected chi connectivity index (χ1v) is 8.35. The fourth-order valence-electron chi connectivity index (χ4n) is 3.27. The van der Waals surface area contributed by atoms with Crippen LogP contribution in [0.2, 0.25) is 0 Å². The molecule has 7 nitrogen and oxygen atoms in total. The number of hydrogen-bond donors (Lipinski definition) is 3. The van der Waals surface area contributed by atoms with Crippen molar-refractivity contribution in [3.63, 3.8) is 0 Å². The van der Waals surface area contributed by atoms with Crippen molar-refractivity contribution in [1.82, 2.24) is 19.9 Å². The van der Waals surface area contributed by atoms with Crippen molar-refractivity contribution in [1.29, 1.82) is 0 Å². The molecule has 1 aliphatic heterocycles. The number of phenolic OH excluding ortho intramolecular Hbond substituents is 2. The number of rotatable bonds is 3. The van der Waals surface area contributed by atoms with Gasteiger partial charge < -0.3 is 15.2 Å². The van der Waals surface area contributed by atoms with Gasteiger partial charge in [-0.15, -0.1) is 0 Å². The topological polar surface area (TPSA) is 102 Å². The van der Waals surface area contributed by atoms with Gasteiger partial charge in [0.1, 0.15) is 17.3 Å². The molecule has 3 aromatic rings. The first-order chi connectivity index (χ1) is 12.6. The third kappa shape index (κ3) is 3.29. The molecule has 0 saturated heterocycles. The normalized spacial score (nSPS) is 14.2. The number of nitrogens with zero attached hydrogens (tertiary/aromatic N) is 3. The maximum atomic E-state index is 12.5. The molecule has 1 aliphatic rings. The van der Waals surface area contributed by atoms with Gasteiger partial charge in [-0.2, -0.15) is 0 Å². The minimum Gasteiger partial charge on any atom is -0.508 e. The van der Waals surface area contributed by atoms with E-state index in [9.17, 15) is 15.0 Å². The van der Waals surface area contributed by atoms with Gasteiger partial charge in [-0.25, -0.2) is 4.98 Å². The summed E-state index contributed by atoms with van der Waals surface area (Å²) < 4.78 is 0. The van der Waals surface area contributed by atoms with E-state index in [0.29, 0.717) is 30.9 Å². The van der Waals surface area contributed by atoms with Gasteiger partial charge >= 0.3 is 0 Å². The van der Waals surface area contributed by atoms with Crippen molar-refractivity contribution in [3.05, 3.63) is 69.9 Å². The van der Waals surface area contributed by atoms with Gasteiger partial charge in [0.05, 0.1) is 11.3 Å². The number of fused-ring (bicyclic) bond motifs is 1. The molecule has 0 spiro atoms. The Kier molecular flexibility index (Phi) is 4.14. The summed E-state index contributed by atoms with van der Waals surface area (Å²) >= 11 is 0. The molecule has 1 aromatic carbocycles. The smallest absolute Gasteiger partial charge is 0.255 e. The lowest BCUT2D eigenvalue weighted by atomic mass is 10.1. The van der Waals surface area contributed by atoms with Gasteiger partial charge in [-0.3, -0.25) is 14.7 Å².